The first-order valence-corrected chi connectivity index (χ1v) is 7.09. The molecular weight excluding hydrogens is 248 g/mol. The summed E-state index contributed by atoms with van der Waals surface area (Å²) in [5, 5.41) is 0. The Balaban J connectivity index is 1.80. The minimum Gasteiger partial charge on any atom is -0.495 e. The van der Waals surface area contributed by atoms with Crippen molar-refractivity contribution in [1.29, 1.82) is 0 Å². The van der Waals surface area contributed by atoms with Crippen LogP contribution < -0.4 is 10.5 Å². The maximum Gasteiger partial charge on any atom is 0.137 e. The van der Waals surface area contributed by atoms with E-state index in [4.69, 9.17) is 10.5 Å². The van der Waals surface area contributed by atoms with Crippen LogP contribution in [-0.2, 0) is 12.8 Å². The molecule has 1 aliphatic carbocycles. The van der Waals surface area contributed by atoms with E-state index in [1.165, 1.54) is 11.1 Å². The van der Waals surface area contributed by atoms with E-state index in [0.29, 0.717) is 5.92 Å². The van der Waals surface area contributed by atoms with E-state index in [2.05, 4.69) is 29.2 Å². The molecule has 0 saturated carbocycles. The van der Waals surface area contributed by atoms with Gasteiger partial charge in [0, 0.05) is 12.2 Å². The zero-order chi connectivity index (χ0) is 13.9. The molecule has 1 heterocycles. The molecule has 1 aromatic carbocycles. The summed E-state index contributed by atoms with van der Waals surface area (Å²) in [5.41, 5.74) is 10.4. The van der Waals surface area contributed by atoms with E-state index >= 15 is 0 Å². The Morgan fingerprint density at radius 2 is 2.05 bits per heavy atom. The third kappa shape index (κ3) is 2.54. The molecule has 0 fully saturated rings. The zero-order valence-electron chi connectivity index (χ0n) is 11.8. The fraction of sp³-hybridized carbons (Fsp3) is 0.353. The predicted molar refractivity (Wildman–Crippen MR) is 79.7 cm³/mol. The van der Waals surface area contributed by atoms with Crippen LogP contribution in [0.3, 0.4) is 0 Å². The highest BCUT2D eigenvalue weighted by Gasteiger charge is 2.25. The molecule has 0 radical (unpaired) electrons. The van der Waals surface area contributed by atoms with Gasteiger partial charge in [0.2, 0.25) is 0 Å². The van der Waals surface area contributed by atoms with Crippen LogP contribution in [0.5, 0.6) is 5.75 Å². The van der Waals surface area contributed by atoms with Crippen molar-refractivity contribution in [2.45, 2.75) is 25.3 Å². The number of benzene rings is 1. The van der Waals surface area contributed by atoms with E-state index in [1.807, 2.05) is 12.3 Å². The molecule has 104 valence electrons. The number of methoxy groups -OCH3 is 1. The van der Waals surface area contributed by atoms with Crippen LogP contribution >= 0.6 is 0 Å². The van der Waals surface area contributed by atoms with Crippen molar-refractivity contribution in [1.82, 2.24) is 4.98 Å². The van der Waals surface area contributed by atoms with Gasteiger partial charge in [-0.25, -0.2) is 0 Å². The second kappa shape index (κ2) is 5.63. The van der Waals surface area contributed by atoms with Gasteiger partial charge in [-0.15, -0.1) is 0 Å². The Morgan fingerprint density at radius 1 is 1.25 bits per heavy atom. The molecule has 0 amide bonds. The molecule has 20 heavy (non-hydrogen) atoms. The number of nitrogens with two attached hydrogens (primary N) is 1. The zero-order valence-corrected chi connectivity index (χ0v) is 11.8. The summed E-state index contributed by atoms with van der Waals surface area (Å²) in [5.74, 6) is 1.24. The lowest BCUT2D eigenvalue weighted by Crippen LogP contribution is -2.27. The number of pyridine rings is 1. The molecule has 2 atom stereocenters. The van der Waals surface area contributed by atoms with Gasteiger partial charge in [-0.2, -0.15) is 0 Å². The van der Waals surface area contributed by atoms with Gasteiger partial charge in [0.15, 0.2) is 0 Å². The number of rotatable bonds is 3. The van der Waals surface area contributed by atoms with Crippen molar-refractivity contribution < 1.29 is 4.74 Å². The van der Waals surface area contributed by atoms with Crippen molar-refractivity contribution in [3.8, 4) is 5.75 Å². The summed E-state index contributed by atoms with van der Waals surface area (Å²) in [6.45, 7) is 0. The topological polar surface area (TPSA) is 48.1 Å². The minimum absolute atomic E-state index is 0.0194. The van der Waals surface area contributed by atoms with Crippen molar-refractivity contribution in [2.24, 2.45) is 11.7 Å². The summed E-state index contributed by atoms with van der Waals surface area (Å²) >= 11 is 0. The fourth-order valence-electron chi connectivity index (χ4n) is 3.03. The molecule has 0 aliphatic heterocycles. The summed E-state index contributed by atoms with van der Waals surface area (Å²) < 4.78 is 5.23. The Bertz CT molecular complexity index is 597. The number of ether oxygens (including phenoxy) is 1. The summed E-state index contributed by atoms with van der Waals surface area (Å²) in [6.07, 6.45) is 6.87. The van der Waals surface area contributed by atoms with Gasteiger partial charge < -0.3 is 10.5 Å². The third-order valence-corrected chi connectivity index (χ3v) is 4.25. The first-order valence-electron chi connectivity index (χ1n) is 7.09. The normalized spacial score (nSPS) is 19.2. The predicted octanol–water partition coefficient (Wildman–Crippen LogP) is 2.90. The fourth-order valence-corrected chi connectivity index (χ4v) is 3.03. The van der Waals surface area contributed by atoms with Crippen molar-refractivity contribution in [2.75, 3.05) is 7.11 Å². The lowest BCUT2D eigenvalue weighted by atomic mass is 9.78. The Labute approximate surface area is 119 Å². The van der Waals surface area contributed by atoms with Crippen LogP contribution in [0.4, 0.5) is 0 Å². The van der Waals surface area contributed by atoms with Crippen LogP contribution in [0.2, 0.25) is 0 Å². The SMILES string of the molecule is COc1cncc(C(N)C2CCc3ccccc3C2)c1. The van der Waals surface area contributed by atoms with Gasteiger partial charge >= 0.3 is 0 Å². The van der Waals surface area contributed by atoms with Crippen LogP contribution in [0.1, 0.15) is 29.2 Å². The molecule has 2 unspecified atom stereocenters. The van der Waals surface area contributed by atoms with E-state index < -0.39 is 0 Å². The molecule has 3 nitrogen and oxygen atoms in total. The molecular formula is C17H20N2O. The average molecular weight is 268 g/mol. The number of nitrogens with zero attached hydrogens (tertiary/aromatic N) is 1. The highest BCUT2D eigenvalue weighted by molar-refractivity contribution is 5.32. The Kier molecular flexibility index (Phi) is 3.70. The second-order valence-electron chi connectivity index (χ2n) is 5.46. The molecule has 1 aromatic heterocycles. The van der Waals surface area contributed by atoms with Gasteiger partial charge in [0.1, 0.15) is 5.75 Å². The average Bonchev–Trinajstić information content (AvgIpc) is 2.53. The third-order valence-electron chi connectivity index (χ3n) is 4.25. The van der Waals surface area contributed by atoms with Crippen LogP contribution in [0.25, 0.3) is 0 Å². The number of hydrogen-bond donors (Lipinski definition) is 1. The smallest absolute Gasteiger partial charge is 0.137 e. The molecule has 3 rings (SSSR count). The summed E-state index contributed by atoms with van der Waals surface area (Å²) in [6, 6.07) is 10.7. The molecule has 0 bridgehead atoms. The number of hydrogen-bond acceptors (Lipinski definition) is 3. The molecule has 2 N–H and O–H groups in total. The second-order valence-corrected chi connectivity index (χ2v) is 5.46. The van der Waals surface area contributed by atoms with Crippen molar-refractivity contribution in [3.63, 3.8) is 0 Å². The first kappa shape index (κ1) is 13.1. The van der Waals surface area contributed by atoms with Gasteiger partial charge in [0.25, 0.3) is 0 Å². The van der Waals surface area contributed by atoms with Crippen LogP contribution in [0.15, 0.2) is 42.7 Å². The number of aromatic nitrogens is 1. The quantitative estimate of drug-likeness (QED) is 0.931. The summed E-state index contributed by atoms with van der Waals surface area (Å²) in [7, 11) is 1.66. The molecule has 1 aliphatic rings. The lowest BCUT2D eigenvalue weighted by Gasteiger charge is -2.29. The maximum atomic E-state index is 6.45. The van der Waals surface area contributed by atoms with Gasteiger partial charge in [-0.05, 0) is 47.9 Å². The Morgan fingerprint density at radius 3 is 2.85 bits per heavy atom. The standard InChI is InChI=1S/C17H20N2O/c1-20-16-9-15(10-19-11-16)17(18)14-7-6-12-4-2-3-5-13(12)8-14/h2-5,9-11,14,17H,6-8,18H2,1H3. The monoisotopic (exact) mass is 268 g/mol. The van der Waals surface area contributed by atoms with Gasteiger partial charge in [-0.3, -0.25) is 4.98 Å². The number of fused-ring (bicyclic) bond motifs is 1. The van der Waals surface area contributed by atoms with Crippen molar-refractivity contribution in [3.05, 3.63) is 59.4 Å². The lowest BCUT2D eigenvalue weighted by molar-refractivity contribution is 0.377. The van der Waals surface area contributed by atoms with Crippen LogP contribution in [0, 0.1) is 5.92 Å². The van der Waals surface area contributed by atoms with E-state index in [0.717, 1.165) is 30.6 Å². The van der Waals surface area contributed by atoms with E-state index in [-0.39, 0.29) is 6.04 Å². The molecule has 0 spiro atoms. The maximum absolute atomic E-state index is 6.45. The van der Waals surface area contributed by atoms with Crippen molar-refractivity contribution >= 4 is 0 Å². The van der Waals surface area contributed by atoms with Gasteiger partial charge in [-0.1, -0.05) is 24.3 Å². The molecule has 0 saturated heterocycles. The van der Waals surface area contributed by atoms with Crippen LogP contribution in [-0.4, -0.2) is 12.1 Å². The Hall–Kier alpha value is -1.87. The van der Waals surface area contributed by atoms with E-state index in [9.17, 15) is 0 Å². The number of aryl methyl sites for hydroxylation is 1. The largest absolute Gasteiger partial charge is 0.495 e. The highest BCUT2D eigenvalue weighted by atomic mass is 16.5. The highest BCUT2D eigenvalue weighted by Crippen LogP contribution is 2.33. The first-order chi connectivity index (χ1) is 9.78. The van der Waals surface area contributed by atoms with E-state index in [1.54, 1.807) is 13.3 Å². The summed E-state index contributed by atoms with van der Waals surface area (Å²) in [4.78, 5) is 4.21. The molecule has 2 aromatic rings. The molecule has 3 heteroatoms. The minimum atomic E-state index is 0.0194. The van der Waals surface area contributed by atoms with Gasteiger partial charge in [0.05, 0.1) is 13.3 Å².